The highest BCUT2D eigenvalue weighted by Gasteiger charge is 2.15. The van der Waals surface area contributed by atoms with Gasteiger partial charge in [0, 0.05) is 11.8 Å². The lowest BCUT2D eigenvalue weighted by molar-refractivity contribution is 0.0527. The summed E-state index contributed by atoms with van der Waals surface area (Å²) in [7, 11) is 0. The van der Waals surface area contributed by atoms with Crippen LogP contribution in [0.1, 0.15) is 22.8 Å². The van der Waals surface area contributed by atoms with Gasteiger partial charge in [0.15, 0.2) is 5.82 Å². The number of carbonyl (C=O) groups is 1. The second-order valence-electron chi connectivity index (χ2n) is 3.94. The van der Waals surface area contributed by atoms with Gasteiger partial charge in [0.1, 0.15) is 11.4 Å². The number of hydrogen-bond acceptors (Lipinski definition) is 4. The van der Waals surface area contributed by atoms with Gasteiger partial charge in [0.2, 0.25) is 0 Å². The summed E-state index contributed by atoms with van der Waals surface area (Å²) in [5.74, 6) is -0.774. The lowest BCUT2D eigenvalue weighted by Gasteiger charge is -2.02. The van der Waals surface area contributed by atoms with E-state index in [0.717, 1.165) is 0 Å². The van der Waals surface area contributed by atoms with Crippen LogP contribution in [-0.4, -0.2) is 22.4 Å². The van der Waals surface area contributed by atoms with Crippen molar-refractivity contribution in [3.05, 3.63) is 47.4 Å². The van der Waals surface area contributed by atoms with Crippen molar-refractivity contribution in [2.75, 3.05) is 12.3 Å². The Balaban J connectivity index is 2.21. The van der Waals surface area contributed by atoms with Gasteiger partial charge >= 0.3 is 5.97 Å². The molecule has 1 heterocycles. The van der Waals surface area contributed by atoms with E-state index in [1.807, 2.05) is 0 Å². The van der Waals surface area contributed by atoms with Crippen molar-refractivity contribution >= 4 is 11.8 Å². The van der Waals surface area contributed by atoms with Gasteiger partial charge in [-0.05, 0) is 13.0 Å². The third-order valence-electron chi connectivity index (χ3n) is 2.58. The Kier molecular flexibility index (Phi) is 3.79. The maximum Gasteiger partial charge on any atom is 0.343 e. The molecular formula is C13H14FN3O2. The normalized spacial score (nSPS) is 10.4. The fourth-order valence-electron chi connectivity index (χ4n) is 1.68. The SMILES string of the molecule is CCOC(=O)c1cn(Cc2ccccc2F)nc1N. The number of halogens is 1. The monoisotopic (exact) mass is 263 g/mol. The molecule has 0 saturated heterocycles. The zero-order valence-electron chi connectivity index (χ0n) is 10.5. The second-order valence-corrected chi connectivity index (χ2v) is 3.94. The van der Waals surface area contributed by atoms with E-state index in [2.05, 4.69) is 5.10 Å². The molecule has 6 heteroatoms. The summed E-state index contributed by atoms with van der Waals surface area (Å²) >= 11 is 0. The number of hydrogen-bond donors (Lipinski definition) is 1. The number of nitrogen functional groups attached to an aromatic ring is 1. The van der Waals surface area contributed by atoms with Crippen molar-refractivity contribution in [2.24, 2.45) is 0 Å². The summed E-state index contributed by atoms with van der Waals surface area (Å²) in [5.41, 5.74) is 6.30. The fraction of sp³-hybridized carbons (Fsp3) is 0.231. The highest BCUT2D eigenvalue weighted by atomic mass is 19.1. The Labute approximate surface area is 109 Å². The number of benzene rings is 1. The molecule has 0 radical (unpaired) electrons. The molecule has 0 fully saturated rings. The molecule has 0 saturated carbocycles. The van der Waals surface area contributed by atoms with Crippen molar-refractivity contribution in [1.29, 1.82) is 0 Å². The van der Waals surface area contributed by atoms with Gasteiger partial charge in [-0.15, -0.1) is 0 Å². The molecule has 0 bridgehead atoms. The first-order valence-electron chi connectivity index (χ1n) is 5.85. The molecule has 2 aromatic rings. The Bertz CT molecular complexity index is 595. The summed E-state index contributed by atoms with van der Waals surface area (Å²) in [5, 5.41) is 3.98. The molecule has 0 spiro atoms. The van der Waals surface area contributed by atoms with Crippen molar-refractivity contribution < 1.29 is 13.9 Å². The van der Waals surface area contributed by atoms with E-state index in [4.69, 9.17) is 10.5 Å². The number of nitrogens with zero attached hydrogens (tertiary/aromatic N) is 2. The van der Waals surface area contributed by atoms with E-state index in [1.165, 1.54) is 16.9 Å². The third kappa shape index (κ3) is 2.90. The first kappa shape index (κ1) is 13.1. The quantitative estimate of drug-likeness (QED) is 0.854. The van der Waals surface area contributed by atoms with E-state index in [9.17, 15) is 9.18 Å². The molecule has 1 aromatic carbocycles. The summed E-state index contributed by atoms with van der Waals surface area (Å²) < 4.78 is 19.8. The van der Waals surface area contributed by atoms with E-state index in [-0.39, 0.29) is 30.4 Å². The molecule has 0 unspecified atom stereocenters. The molecule has 19 heavy (non-hydrogen) atoms. The Morgan fingerprint density at radius 1 is 1.47 bits per heavy atom. The molecular weight excluding hydrogens is 249 g/mol. The Morgan fingerprint density at radius 3 is 2.89 bits per heavy atom. The lowest BCUT2D eigenvalue weighted by Crippen LogP contribution is -2.06. The van der Waals surface area contributed by atoms with E-state index >= 15 is 0 Å². The predicted octanol–water partition coefficient (Wildman–Crippen LogP) is 1.83. The van der Waals surface area contributed by atoms with Crippen LogP contribution in [0.3, 0.4) is 0 Å². The van der Waals surface area contributed by atoms with Crippen LogP contribution in [0.5, 0.6) is 0 Å². The molecule has 0 amide bonds. The largest absolute Gasteiger partial charge is 0.462 e. The number of ether oxygens (including phenoxy) is 1. The first-order valence-corrected chi connectivity index (χ1v) is 5.85. The minimum absolute atomic E-state index is 0.0785. The van der Waals surface area contributed by atoms with Gasteiger partial charge in [-0.3, -0.25) is 4.68 Å². The van der Waals surface area contributed by atoms with E-state index < -0.39 is 5.97 Å². The smallest absolute Gasteiger partial charge is 0.343 e. The van der Waals surface area contributed by atoms with Gasteiger partial charge in [0.05, 0.1) is 13.2 Å². The second kappa shape index (κ2) is 5.51. The highest BCUT2D eigenvalue weighted by Crippen LogP contribution is 2.13. The average Bonchev–Trinajstić information content (AvgIpc) is 2.74. The zero-order valence-corrected chi connectivity index (χ0v) is 10.5. The number of nitrogens with two attached hydrogens (primary N) is 1. The van der Waals surface area contributed by atoms with Gasteiger partial charge in [-0.25, -0.2) is 9.18 Å². The van der Waals surface area contributed by atoms with Crippen LogP contribution < -0.4 is 5.73 Å². The van der Waals surface area contributed by atoms with Crippen LogP contribution in [-0.2, 0) is 11.3 Å². The summed E-state index contributed by atoms with van der Waals surface area (Å²) in [6, 6.07) is 6.36. The molecule has 0 aliphatic heterocycles. The van der Waals surface area contributed by atoms with Gasteiger partial charge in [0.25, 0.3) is 0 Å². The molecule has 0 aliphatic rings. The number of rotatable bonds is 4. The fourth-order valence-corrected chi connectivity index (χ4v) is 1.68. The highest BCUT2D eigenvalue weighted by molar-refractivity contribution is 5.93. The molecule has 1 aromatic heterocycles. The Hall–Kier alpha value is -2.37. The van der Waals surface area contributed by atoms with Gasteiger partial charge in [-0.1, -0.05) is 18.2 Å². The molecule has 5 nitrogen and oxygen atoms in total. The molecule has 0 aliphatic carbocycles. The zero-order chi connectivity index (χ0) is 13.8. The summed E-state index contributed by atoms with van der Waals surface area (Å²) in [6.45, 7) is 2.17. The topological polar surface area (TPSA) is 70.1 Å². The molecule has 2 rings (SSSR count). The number of esters is 1. The Morgan fingerprint density at radius 2 is 2.21 bits per heavy atom. The minimum Gasteiger partial charge on any atom is -0.462 e. The first-order chi connectivity index (χ1) is 9.11. The minimum atomic E-state index is -0.528. The van der Waals surface area contributed by atoms with Crippen molar-refractivity contribution in [2.45, 2.75) is 13.5 Å². The standard InChI is InChI=1S/C13H14FN3O2/c1-2-19-13(18)10-8-17(16-12(10)15)7-9-5-3-4-6-11(9)14/h3-6,8H,2,7H2,1H3,(H2,15,16). The molecule has 0 atom stereocenters. The van der Waals surface area contributed by atoms with E-state index in [0.29, 0.717) is 5.56 Å². The van der Waals surface area contributed by atoms with Gasteiger partial charge in [-0.2, -0.15) is 5.10 Å². The van der Waals surface area contributed by atoms with Crippen molar-refractivity contribution in [3.8, 4) is 0 Å². The summed E-state index contributed by atoms with van der Waals surface area (Å²) in [4.78, 5) is 11.6. The van der Waals surface area contributed by atoms with Crippen LogP contribution in [0.25, 0.3) is 0 Å². The predicted molar refractivity (Wildman–Crippen MR) is 68.1 cm³/mol. The lowest BCUT2D eigenvalue weighted by atomic mass is 10.2. The maximum atomic E-state index is 13.5. The maximum absolute atomic E-state index is 13.5. The molecule has 100 valence electrons. The molecule has 2 N–H and O–H groups in total. The number of anilines is 1. The number of carbonyl (C=O) groups excluding carboxylic acids is 1. The van der Waals surface area contributed by atoms with Crippen LogP contribution in [0.4, 0.5) is 10.2 Å². The van der Waals surface area contributed by atoms with Crippen LogP contribution in [0.15, 0.2) is 30.5 Å². The van der Waals surface area contributed by atoms with Crippen LogP contribution in [0.2, 0.25) is 0 Å². The van der Waals surface area contributed by atoms with E-state index in [1.54, 1.807) is 25.1 Å². The number of aromatic nitrogens is 2. The third-order valence-corrected chi connectivity index (χ3v) is 2.58. The van der Waals surface area contributed by atoms with Crippen molar-refractivity contribution in [3.63, 3.8) is 0 Å². The van der Waals surface area contributed by atoms with Crippen molar-refractivity contribution in [1.82, 2.24) is 9.78 Å². The average molecular weight is 263 g/mol. The van der Waals surface area contributed by atoms with Crippen LogP contribution in [0, 0.1) is 5.82 Å². The van der Waals surface area contributed by atoms with Gasteiger partial charge < -0.3 is 10.5 Å². The van der Waals surface area contributed by atoms with Crippen LogP contribution >= 0.6 is 0 Å². The summed E-state index contributed by atoms with van der Waals surface area (Å²) in [6.07, 6.45) is 1.46.